The Hall–Kier alpha value is -1.04. The van der Waals surface area contributed by atoms with E-state index in [4.69, 9.17) is 0 Å². The van der Waals surface area contributed by atoms with Gasteiger partial charge in [0.15, 0.2) is 0 Å². The molecule has 0 amide bonds. The molecule has 17 heavy (non-hydrogen) atoms. The van der Waals surface area contributed by atoms with E-state index in [1.165, 1.54) is 0 Å². The predicted octanol–water partition coefficient (Wildman–Crippen LogP) is 2.87. The molecule has 0 radical (unpaired) electrons. The topological polar surface area (TPSA) is 34.1 Å². The van der Waals surface area contributed by atoms with Crippen LogP contribution in [0.15, 0.2) is 17.0 Å². The highest BCUT2D eigenvalue weighted by atomic mass is 32.2. The fraction of sp³-hybridized carbons (Fsp3) is 0.455. The van der Waals surface area contributed by atoms with Crippen LogP contribution in [0.2, 0.25) is 0 Å². The maximum Gasteiger partial charge on any atom is 0.341 e. The standard InChI is InChI=1S/C11H11F3O2S/c1-6-2-3-7-9(17(15,16)11(13)14)5-4-8(12)10(6)7/h4-6,11H,2-3H2,1H3. The average molecular weight is 264 g/mol. The van der Waals surface area contributed by atoms with Crippen LogP contribution in [0, 0.1) is 5.82 Å². The van der Waals surface area contributed by atoms with Crippen LogP contribution in [0.5, 0.6) is 0 Å². The molecule has 1 aromatic rings. The number of hydrogen-bond acceptors (Lipinski definition) is 2. The number of halogens is 3. The van der Waals surface area contributed by atoms with Crippen molar-refractivity contribution >= 4 is 9.84 Å². The van der Waals surface area contributed by atoms with Crippen molar-refractivity contribution in [2.75, 3.05) is 0 Å². The van der Waals surface area contributed by atoms with Crippen molar-refractivity contribution in [1.82, 2.24) is 0 Å². The zero-order chi connectivity index (χ0) is 12.8. The predicted molar refractivity (Wildman–Crippen MR) is 56.3 cm³/mol. The van der Waals surface area contributed by atoms with E-state index in [-0.39, 0.29) is 17.0 Å². The van der Waals surface area contributed by atoms with Gasteiger partial charge in [-0.25, -0.2) is 12.8 Å². The van der Waals surface area contributed by atoms with E-state index >= 15 is 0 Å². The van der Waals surface area contributed by atoms with Crippen LogP contribution in [-0.2, 0) is 16.3 Å². The van der Waals surface area contributed by atoms with Gasteiger partial charge in [0.25, 0.3) is 0 Å². The van der Waals surface area contributed by atoms with E-state index in [2.05, 4.69) is 0 Å². The molecule has 1 aliphatic carbocycles. The first-order valence-corrected chi connectivity index (χ1v) is 6.73. The van der Waals surface area contributed by atoms with Gasteiger partial charge in [-0.1, -0.05) is 6.92 Å². The zero-order valence-electron chi connectivity index (χ0n) is 9.08. The van der Waals surface area contributed by atoms with Crippen LogP contribution in [0.3, 0.4) is 0 Å². The van der Waals surface area contributed by atoms with Crippen LogP contribution in [0.1, 0.15) is 30.4 Å². The molecule has 1 aromatic carbocycles. The summed E-state index contributed by atoms with van der Waals surface area (Å²) in [5, 5.41) is 0. The van der Waals surface area contributed by atoms with E-state index in [9.17, 15) is 21.6 Å². The molecular weight excluding hydrogens is 253 g/mol. The third kappa shape index (κ3) is 1.84. The molecule has 1 unspecified atom stereocenters. The summed E-state index contributed by atoms with van der Waals surface area (Å²) in [7, 11) is -4.64. The fourth-order valence-electron chi connectivity index (χ4n) is 2.27. The molecule has 0 spiro atoms. The normalized spacial score (nSPS) is 19.7. The maximum atomic E-state index is 13.5. The highest BCUT2D eigenvalue weighted by molar-refractivity contribution is 7.91. The third-order valence-corrected chi connectivity index (χ3v) is 4.59. The molecule has 2 nitrogen and oxygen atoms in total. The summed E-state index contributed by atoms with van der Waals surface area (Å²) in [5.41, 5.74) is 0.490. The first-order chi connectivity index (χ1) is 7.85. The summed E-state index contributed by atoms with van der Waals surface area (Å²) in [4.78, 5) is -0.423. The van der Waals surface area contributed by atoms with Gasteiger partial charge in [-0.2, -0.15) is 8.78 Å². The smallest absolute Gasteiger partial charge is 0.218 e. The molecule has 0 N–H and O–H groups in total. The highest BCUT2D eigenvalue weighted by Crippen LogP contribution is 2.39. The monoisotopic (exact) mass is 264 g/mol. The van der Waals surface area contributed by atoms with Crippen LogP contribution in [0.4, 0.5) is 13.2 Å². The van der Waals surface area contributed by atoms with Crippen molar-refractivity contribution < 1.29 is 21.6 Å². The first kappa shape index (κ1) is 12.4. The van der Waals surface area contributed by atoms with Crippen molar-refractivity contribution in [2.24, 2.45) is 0 Å². The molecular formula is C11H11F3O2S. The van der Waals surface area contributed by atoms with Crippen molar-refractivity contribution in [3.05, 3.63) is 29.1 Å². The zero-order valence-corrected chi connectivity index (χ0v) is 9.90. The lowest BCUT2D eigenvalue weighted by atomic mass is 10.0. The van der Waals surface area contributed by atoms with Gasteiger partial charge in [-0.15, -0.1) is 0 Å². The van der Waals surface area contributed by atoms with Gasteiger partial charge in [0, 0.05) is 0 Å². The molecule has 0 saturated heterocycles. The Morgan fingerprint density at radius 2 is 2.00 bits per heavy atom. The Morgan fingerprint density at radius 3 is 2.59 bits per heavy atom. The van der Waals surface area contributed by atoms with E-state index in [0.717, 1.165) is 12.1 Å². The van der Waals surface area contributed by atoms with Crippen molar-refractivity contribution in [1.29, 1.82) is 0 Å². The highest BCUT2D eigenvalue weighted by Gasteiger charge is 2.34. The van der Waals surface area contributed by atoms with Gasteiger partial charge in [-0.3, -0.25) is 0 Å². The molecule has 0 fully saturated rings. The molecule has 94 valence electrons. The summed E-state index contributed by atoms with van der Waals surface area (Å²) < 4.78 is 61.4. The van der Waals surface area contributed by atoms with Crippen molar-refractivity contribution in [3.8, 4) is 0 Å². The molecule has 2 rings (SSSR count). The Morgan fingerprint density at radius 1 is 1.35 bits per heavy atom. The number of rotatable bonds is 2. The minimum Gasteiger partial charge on any atom is -0.218 e. The number of benzene rings is 1. The molecule has 0 aromatic heterocycles. The largest absolute Gasteiger partial charge is 0.341 e. The van der Waals surface area contributed by atoms with Crippen LogP contribution >= 0.6 is 0 Å². The van der Waals surface area contributed by atoms with Crippen LogP contribution in [-0.4, -0.2) is 14.2 Å². The van der Waals surface area contributed by atoms with E-state index in [0.29, 0.717) is 12.8 Å². The Kier molecular flexibility index (Phi) is 2.93. The Labute approximate surface area is 97.4 Å². The lowest BCUT2D eigenvalue weighted by Crippen LogP contribution is -2.14. The quantitative estimate of drug-likeness (QED) is 0.770. The second kappa shape index (κ2) is 4.01. The lowest BCUT2D eigenvalue weighted by Gasteiger charge is -2.11. The summed E-state index contributed by atoms with van der Waals surface area (Å²) in [6.07, 6.45) is 0.914. The average Bonchev–Trinajstić information content (AvgIpc) is 2.61. The minimum absolute atomic E-state index is 0.127. The first-order valence-electron chi connectivity index (χ1n) is 5.19. The van der Waals surface area contributed by atoms with Gasteiger partial charge in [0.05, 0.1) is 4.90 Å². The summed E-state index contributed by atoms with van der Waals surface area (Å²) in [6, 6.07) is 1.89. The van der Waals surface area contributed by atoms with Gasteiger partial charge >= 0.3 is 5.76 Å². The summed E-state index contributed by atoms with van der Waals surface area (Å²) >= 11 is 0. The summed E-state index contributed by atoms with van der Waals surface area (Å²) in [5.74, 6) is -4.11. The van der Waals surface area contributed by atoms with Gasteiger partial charge in [0.1, 0.15) is 5.82 Å². The molecule has 0 bridgehead atoms. The SMILES string of the molecule is CC1CCc2c(S(=O)(=O)C(F)F)ccc(F)c21. The maximum absolute atomic E-state index is 13.5. The van der Waals surface area contributed by atoms with Gasteiger partial charge in [0.2, 0.25) is 9.84 Å². The Balaban J connectivity index is 2.68. The molecule has 0 saturated carbocycles. The number of fused-ring (bicyclic) bond motifs is 1. The van der Waals surface area contributed by atoms with Gasteiger partial charge < -0.3 is 0 Å². The van der Waals surface area contributed by atoms with E-state index < -0.39 is 26.3 Å². The molecule has 6 heteroatoms. The third-order valence-electron chi connectivity index (χ3n) is 3.12. The summed E-state index contributed by atoms with van der Waals surface area (Å²) in [6.45, 7) is 1.76. The van der Waals surface area contributed by atoms with Crippen LogP contribution < -0.4 is 0 Å². The minimum atomic E-state index is -4.64. The molecule has 0 aliphatic heterocycles. The van der Waals surface area contributed by atoms with Crippen LogP contribution in [0.25, 0.3) is 0 Å². The van der Waals surface area contributed by atoms with E-state index in [1.54, 1.807) is 6.92 Å². The molecule has 1 atom stereocenters. The van der Waals surface area contributed by atoms with Gasteiger partial charge in [-0.05, 0) is 42.0 Å². The number of alkyl halides is 2. The second-order valence-electron chi connectivity index (χ2n) is 4.18. The Bertz CT molecular complexity index is 552. The number of sulfone groups is 1. The molecule has 0 heterocycles. The van der Waals surface area contributed by atoms with Crippen molar-refractivity contribution in [3.63, 3.8) is 0 Å². The molecule has 1 aliphatic rings. The lowest BCUT2D eigenvalue weighted by molar-refractivity contribution is 0.234. The van der Waals surface area contributed by atoms with E-state index in [1.807, 2.05) is 0 Å². The van der Waals surface area contributed by atoms with Crippen molar-refractivity contribution in [2.45, 2.75) is 36.3 Å². The number of hydrogen-bond donors (Lipinski definition) is 0. The second-order valence-corrected chi connectivity index (χ2v) is 6.07. The fourth-order valence-corrected chi connectivity index (χ4v) is 3.28.